The Morgan fingerprint density at radius 3 is 2.61 bits per heavy atom. The van der Waals surface area contributed by atoms with Crippen LogP contribution < -0.4 is 0 Å². The molecule has 0 saturated heterocycles. The molecule has 1 aromatic heterocycles. The predicted molar refractivity (Wildman–Crippen MR) is 104 cm³/mol. The second-order valence-corrected chi connectivity index (χ2v) is 8.10. The fraction of sp³-hybridized carbons (Fsp3) is 0.429. The molecule has 7 heteroatoms. The average molecular weight is 383 g/mol. The number of rotatable bonds is 5. The van der Waals surface area contributed by atoms with Gasteiger partial charge in [-0.05, 0) is 51.3 Å². The van der Waals surface area contributed by atoms with Crippen molar-refractivity contribution >= 4 is 18.0 Å². The lowest BCUT2D eigenvalue weighted by Gasteiger charge is -2.28. The fourth-order valence-electron chi connectivity index (χ4n) is 3.44. The Balaban J connectivity index is 1.91. The van der Waals surface area contributed by atoms with E-state index in [-0.39, 0.29) is 5.97 Å². The number of carbonyl (C=O) groups is 2. The number of carboxylic acid groups (broad SMARTS) is 1. The molecule has 0 bridgehead atoms. The zero-order valence-corrected chi connectivity index (χ0v) is 16.4. The van der Waals surface area contributed by atoms with E-state index < -0.39 is 17.0 Å². The van der Waals surface area contributed by atoms with Crippen LogP contribution in [-0.2, 0) is 19.7 Å². The van der Waals surface area contributed by atoms with E-state index in [1.807, 2.05) is 39.0 Å². The van der Waals surface area contributed by atoms with E-state index in [1.54, 1.807) is 6.07 Å². The minimum Gasteiger partial charge on any atom is -0.478 e. The molecule has 3 rings (SSSR count). The molecule has 0 spiro atoms. The summed E-state index contributed by atoms with van der Waals surface area (Å²) in [6.45, 7) is 5.56. The Bertz CT molecular complexity index is 902. The van der Waals surface area contributed by atoms with Gasteiger partial charge in [0.1, 0.15) is 11.0 Å². The van der Waals surface area contributed by atoms with Gasteiger partial charge in [-0.2, -0.15) is 5.10 Å². The number of hydrogen-bond acceptors (Lipinski definition) is 5. The van der Waals surface area contributed by atoms with Crippen molar-refractivity contribution in [2.75, 3.05) is 0 Å². The molecule has 1 saturated carbocycles. The highest BCUT2D eigenvalue weighted by Gasteiger charge is 2.48. The molecule has 1 fully saturated rings. The van der Waals surface area contributed by atoms with Gasteiger partial charge in [0, 0.05) is 11.6 Å². The maximum atomic E-state index is 13.0. The quantitative estimate of drug-likeness (QED) is 0.602. The van der Waals surface area contributed by atoms with E-state index in [2.05, 4.69) is 15.2 Å². The van der Waals surface area contributed by atoms with E-state index in [4.69, 9.17) is 9.84 Å². The molecule has 0 atom stereocenters. The summed E-state index contributed by atoms with van der Waals surface area (Å²) in [7, 11) is 0. The Hall–Kier alpha value is -2.96. The van der Waals surface area contributed by atoms with Gasteiger partial charge >= 0.3 is 11.9 Å². The molecule has 28 heavy (non-hydrogen) atoms. The number of aliphatic carboxylic acids is 1. The normalized spacial score (nSPS) is 16.4. The summed E-state index contributed by atoms with van der Waals surface area (Å²) in [4.78, 5) is 28.3. The van der Waals surface area contributed by atoms with Gasteiger partial charge in [0.15, 0.2) is 11.6 Å². The highest BCUT2D eigenvalue weighted by atomic mass is 16.6. The third-order valence-corrected chi connectivity index (χ3v) is 4.74. The second kappa shape index (κ2) is 7.58. The first kappa shape index (κ1) is 19.8. The molecular formula is C21H25N3O4. The van der Waals surface area contributed by atoms with Crippen LogP contribution >= 0.6 is 0 Å². The Kier molecular flexibility index (Phi) is 5.36. The van der Waals surface area contributed by atoms with Gasteiger partial charge in [0.05, 0.1) is 0 Å². The first-order chi connectivity index (χ1) is 13.2. The molecule has 0 unspecified atom stereocenters. The van der Waals surface area contributed by atoms with Crippen molar-refractivity contribution in [2.45, 2.75) is 57.5 Å². The molecule has 1 aliphatic rings. The average Bonchev–Trinajstić information content (AvgIpc) is 3.29. The number of esters is 1. The summed E-state index contributed by atoms with van der Waals surface area (Å²) >= 11 is 0. The lowest BCUT2D eigenvalue weighted by molar-refractivity contribution is -0.162. The molecule has 0 radical (unpaired) electrons. The van der Waals surface area contributed by atoms with Crippen LogP contribution in [0.5, 0.6) is 0 Å². The number of H-pyrrole nitrogens is 1. The van der Waals surface area contributed by atoms with Crippen LogP contribution in [0.4, 0.5) is 0 Å². The summed E-state index contributed by atoms with van der Waals surface area (Å²) in [6, 6.07) is 7.30. The largest absolute Gasteiger partial charge is 0.478 e. The van der Waals surface area contributed by atoms with Gasteiger partial charge in [-0.3, -0.25) is 9.89 Å². The van der Waals surface area contributed by atoms with Gasteiger partial charge in [0.2, 0.25) is 0 Å². The van der Waals surface area contributed by atoms with E-state index in [9.17, 15) is 9.59 Å². The third kappa shape index (κ3) is 4.30. The van der Waals surface area contributed by atoms with E-state index in [0.717, 1.165) is 30.0 Å². The molecule has 1 aromatic carbocycles. The van der Waals surface area contributed by atoms with Crippen LogP contribution in [-0.4, -0.2) is 37.8 Å². The Morgan fingerprint density at radius 2 is 1.96 bits per heavy atom. The summed E-state index contributed by atoms with van der Waals surface area (Å²) in [5.74, 6) is -0.287. The smallest absolute Gasteiger partial charge is 0.328 e. The molecule has 0 aliphatic heterocycles. The molecule has 7 nitrogen and oxygen atoms in total. The lowest BCUT2D eigenvalue weighted by atomic mass is 9.85. The number of aromatic nitrogens is 3. The fourth-order valence-corrected chi connectivity index (χ4v) is 3.44. The van der Waals surface area contributed by atoms with Crippen LogP contribution in [0.1, 0.15) is 57.8 Å². The highest BCUT2D eigenvalue weighted by Crippen LogP contribution is 2.41. The first-order valence-corrected chi connectivity index (χ1v) is 9.37. The van der Waals surface area contributed by atoms with Gasteiger partial charge in [-0.25, -0.2) is 9.78 Å². The Morgan fingerprint density at radius 1 is 1.25 bits per heavy atom. The van der Waals surface area contributed by atoms with E-state index in [1.165, 1.54) is 6.08 Å². The minimum absolute atomic E-state index is 0.277. The zero-order chi connectivity index (χ0) is 20.4. The molecule has 0 amide bonds. The van der Waals surface area contributed by atoms with Crippen molar-refractivity contribution in [1.29, 1.82) is 0 Å². The van der Waals surface area contributed by atoms with Gasteiger partial charge < -0.3 is 9.84 Å². The number of aromatic amines is 1. The molecular weight excluding hydrogens is 358 g/mol. The van der Waals surface area contributed by atoms with Crippen LogP contribution in [0, 0.1) is 0 Å². The van der Waals surface area contributed by atoms with Crippen molar-refractivity contribution in [3.05, 3.63) is 41.7 Å². The van der Waals surface area contributed by atoms with Crippen molar-refractivity contribution in [3.63, 3.8) is 0 Å². The number of nitrogens with zero attached hydrogens (tertiary/aromatic N) is 2. The van der Waals surface area contributed by atoms with E-state index in [0.29, 0.717) is 24.5 Å². The molecule has 2 aromatic rings. The van der Waals surface area contributed by atoms with Gasteiger partial charge in [-0.1, -0.05) is 31.0 Å². The van der Waals surface area contributed by atoms with Gasteiger partial charge in [0.25, 0.3) is 0 Å². The topological polar surface area (TPSA) is 105 Å². The van der Waals surface area contributed by atoms with Crippen LogP contribution in [0.15, 0.2) is 30.3 Å². The van der Waals surface area contributed by atoms with Crippen molar-refractivity contribution in [2.24, 2.45) is 0 Å². The standard InChI is InChI=1S/C21H25N3O4/c1-20(2,3)28-19(27)21(11-4-5-12-21)18-22-17(23-24-18)15-8-6-7-14(13-15)9-10-16(25)26/h6-10,13H,4-5,11-12H2,1-3H3,(H,25,26)(H,22,23,24)/b10-9+. The molecule has 1 aliphatic carbocycles. The van der Waals surface area contributed by atoms with Crippen molar-refractivity contribution in [3.8, 4) is 11.4 Å². The molecule has 2 N–H and O–H groups in total. The second-order valence-electron chi connectivity index (χ2n) is 8.10. The minimum atomic E-state index is -1.01. The number of carboxylic acids is 1. The number of benzene rings is 1. The summed E-state index contributed by atoms with van der Waals surface area (Å²) in [5, 5.41) is 16.1. The molecule has 148 valence electrons. The molecule has 1 heterocycles. The van der Waals surface area contributed by atoms with Gasteiger partial charge in [-0.15, -0.1) is 0 Å². The maximum Gasteiger partial charge on any atom is 0.328 e. The lowest BCUT2D eigenvalue weighted by Crippen LogP contribution is -2.40. The highest BCUT2D eigenvalue weighted by molar-refractivity contribution is 5.85. The van der Waals surface area contributed by atoms with Crippen LogP contribution in [0.25, 0.3) is 17.5 Å². The Labute approximate surface area is 163 Å². The zero-order valence-electron chi connectivity index (χ0n) is 16.4. The third-order valence-electron chi connectivity index (χ3n) is 4.74. The number of carbonyl (C=O) groups excluding carboxylic acids is 1. The number of ether oxygens (including phenoxy) is 1. The van der Waals surface area contributed by atoms with E-state index >= 15 is 0 Å². The summed E-state index contributed by atoms with van der Waals surface area (Å²) in [6.07, 6.45) is 5.79. The van der Waals surface area contributed by atoms with Crippen molar-refractivity contribution in [1.82, 2.24) is 15.2 Å². The van der Waals surface area contributed by atoms with Crippen molar-refractivity contribution < 1.29 is 19.4 Å². The summed E-state index contributed by atoms with van der Waals surface area (Å²) in [5.41, 5.74) is 0.114. The monoisotopic (exact) mass is 383 g/mol. The van der Waals surface area contributed by atoms with Crippen LogP contribution in [0.2, 0.25) is 0 Å². The van der Waals surface area contributed by atoms with Crippen LogP contribution in [0.3, 0.4) is 0 Å². The number of nitrogens with one attached hydrogen (secondary N) is 1. The number of hydrogen-bond donors (Lipinski definition) is 2. The SMILES string of the molecule is CC(C)(C)OC(=O)C1(c2n[nH]c(-c3cccc(/C=C/C(=O)O)c3)n2)CCCC1. The summed E-state index contributed by atoms with van der Waals surface area (Å²) < 4.78 is 5.67. The predicted octanol–water partition coefficient (Wildman–Crippen LogP) is 3.72. The first-order valence-electron chi connectivity index (χ1n) is 9.37. The maximum absolute atomic E-state index is 13.0.